The van der Waals surface area contributed by atoms with Crippen molar-refractivity contribution in [2.75, 3.05) is 37.2 Å². The van der Waals surface area contributed by atoms with Gasteiger partial charge in [0.05, 0.1) is 6.61 Å². The van der Waals surface area contributed by atoms with Gasteiger partial charge in [-0.05, 0) is 88.3 Å². The van der Waals surface area contributed by atoms with Gasteiger partial charge in [-0.15, -0.1) is 0 Å². The number of alkyl halides is 1. The predicted octanol–water partition coefficient (Wildman–Crippen LogP) is 9.73. The Morgan fingerprint density at radius 2 is 1.17 bits per heavy atom. The predicted molar refractivity (Wildman–Crippen MR) is 204 cm³/mol. The Morgan fingerprint density at radius 1 is 0.646 bits per heavy atom. The van der Waals surface area contributed by atoms with E-state index in [9.17, 15) is 19.2 Å². The van der Waals surface area contributed by atoms with Gasteiger partial charge in [-0.3, -0.25) is 24.1 Å². The minimum Gasteiger partial charge on any atom is -0.466 e. The van der Waals surface area contributed by atoms with Crippen LogP contribution in [-0.2, 0) is 28.7 Å². The zero-order valence-corrected chi connectivity index (χ0v) is 33.1. The molecule has 1 rings (SSSR count). The minimum atomic E-state index is -0.0554. The van der Waals surface area contributed by atoms with Crippen molar-refractivity contribution >= 4 is 46.3 Å². The molecule has 1 fully saturated rings. The molecular formula is C39H71IN2O6. The number of hydrogen-bond acceptors (Lipinski definition) is 7. The molecular weight excluding hydrogens is 719 g/mol. The zero-order valence-electron chi connectivity index (χ0n) is 30.9. The lowest BCUT2D eigenvalue weighted by atomic mass is 10.1. The fourth-order valence-corrected chi connectivity index (χ4v) is 6.84. The van der Waals surface area contributed by atoms with Crippen LogP contribution in [0.1, 0.15) is 181 Å². The van der Waals surface area contributed by atoms with E-state index in [0.717, 1.165) is 140 Å². The third-order valence-electron chi connectivity index (χ3n) is 9.32. The summed E-state index contributed by atoms with van der Waals surface area (Å²) in [6.07, 6.45) is 25.7. The highest BCUT2D eigenvalue weighted by Gasteiger charge is 2.28. The molecule has 0 aromatic heterocycles. The lowest BCUT2D eigenvalue weighted by Gasteiger charge is -2.23. The highest BCUT2D eigenvalue weighted by molar-refractivity contribution is 14.1. The Morgan fingerprint density at radius 3 is 1.79 bits per heavy atom. The number of imide groups is 1. The quantitative estimate of drug-likeness (QED) is 0.0211. The SMILES string of the molecule is CCCCCCCOC(=O)CCCCCCCN(CCCCCCCC(=O)OC(CCCC)CCCCI)CCCN1C(=O)CCC1=O. The summed E-state index contributed by atoms with van der Waals surface area (Å²) in [4.78, 5) is 52.4. The normalized spacial score (nSPS) is 13.9. The van der Waals surface area contributed by atoms with Crippen LogP contribution in [-0.4, -0.2) is 76.9 Å². The second-order valence-electron chi connectivity index (χ2n) is 13.7. The Labute approximate surface area is 307 Å². The summed E-state index contributed by atoms with van der Waals surface area (Å²) in [6.45, 7) is 8.40. The fraction of sp³-hybridized carbons (Fsp3) is 0.897. The number of halogens is 1. The van der Waals surface area contributed by atoms with Gasteiger partial charge >= 0.3 is 11.9 Å². The number of rotatable bonds is 34. The Bertz CT molecular complexity index is 825. The lowest BCUT2D eigenvalue weighted by Crippen LogP contribution is -2.34. The molecule has 1 unspecified atom stereocenters. The molecule has 1 atom stereocenters. The van der Waals surface area contributed by atoms with Gasteiger partial charge in [0.15, 0.2) is 0 Å². The van der Waals surface area contributed by atoms with Crippen molar-refractivity contribution < 1.29 is 28.7 Å². The van der Waals surface area contributed by atoms with E-state index < -0.39 is 0 Å². The number of ether oxygens (including phenoxy) is 2. The molecule has 48 heavy (non-hydrogen) atoms. The summed E-state index contributed by atoms with van der Waals surface area (Å²) in [5.74, 6) is -0.141. The first-order valence-corrected chi connectivity index (χ1v) is 21.4. The second kappa shape index (κ2) is 31.7. The van der Waals surface area contributed by atoms with Crippen LogP contribution in [0, 0.1) is 0 Å². The van der Waals surface area contributed by atoms with Gasteiger partial charge < -0.3 is 14.4 Å². The first-order valence-electron chi connectivity index (χ1n) is 19.9. The number of esters is 2. The van der Waals surface area contributed by atoms with Crippen LogP contribution in [0.3, 0.4) is 0 Å². The molecule has 0 aromatic carbocycles. The second-order valence-corrected chi connectivity index (χ2v) is 14.8. The first-order chi connectivity index (χ1) is 23.4. The smallest absolute Gasteiger partial charge is 0.306 e. The summed E-state index contributed by atoms with van der Waals surface area (Å²) in [6, 6.07) is 0. The van der Waals surface area contributed by atoms with Gasteiger partial charge in [-0.1, -0.05) is 113 Å². The Balaban J connectivity index is 2.26. The van der Waals surface area contributed by atoms with E-state index in [-0.39, 0.29) is 29.9 Å². The maximum atomic E-state index is 12.5. The van der Waals surface area contributed by atoms with Crippen LogP contribution in [0.25, 0.3) is 0 Å². The number of carbonyl (C=O) groups is 4. The van der Waals surface area contributed by atoms with Gasteiger partial charge in [0.25, 0.3) is 0 Å². The molecule has 9 heteroatoms. The number of amides is 2. The van der Waals surface area contributed by atoms with E-state index in [1.165, 1.54) is 30.6 Å². The molecule has 0 aliphatic carbocycles. The molecule has 2 amide bonds. The van der Waals surface area contributed by atoms with Crippen LogP contribution < -0.4 is 0 Å². The van der Waals surface area contributed by atoms with E-state index in [1.807, 2.05) is 0 Å². The summed E-state index contributed by atoms with van der Waals surface area (Å²) < 4.78 is 12.4. The molecule has 0 spiro atoms. The highest BCUT2D eigenvalue weighted by atomic mass is 127. The van der Waals surface area contributed by atoms with E-state index in [4.69, 9.17) is 9.47 Å². The molecule has 0 aromatic rings. The molecule has 0 bridgehead atoms. The van der Waals surface area contributed by atoms with Crippen molar-refractivity contribution in [3.8, 4) is 0 Å². The third-order valence-corrected chi connectivity index (χ3v) is 10.1. The molecule has 1 aliphatic rings. The van der Waals surface area contributed by atoms with Gasteiger partial charge in [0.1, 0.15) is 6.10 Å². The molecule has 1 saturated heterocycles. The minimum absolute atomic E-state index is 0.0279. The lowest BCUT2D eigenvalue weighted by molar-refractivity contribution is -0.150. The van der Waals surface area contributed by atoms with Gasteiger partial charge in [-0.2, -0.15) is 0 Å². The van der Waals surface area contributed by atoms with Crippen molar-refractivity contribution in [3.05, 3.63) is 0 Å². The van der Waals surface area contributed by atoms with Crippen molar-refractivity contribution in [1.82, 2.24) is 9.80 Å². The van der Waals surface area contributed by atoms with E-state index in [1.54, 1.807) is 0 Å². The van der Waals surface area contributed by atoms with Crippen molar-refractivity contribution in [1.29, 1.82) is 0 Å². The standard InChI is InChI=1S/C39H71IN2O6/c1-3-5-7-14-21-34-47-38(45)25-15-10-8-12-19-30-41(32-22-33-42-36(43)27-28-37(42)44)31-20-13-9-11-16-26-39(46)48-35(23-6-4-2)24-17-18-29-40/h35H,3-34H2,1-2H3. The van der Waals surface area contributed by atoms with Crippen molar-refractivity contribution in [2.45, 2.75) is 187 Å². The van der Waals surface area contributed by atoms with Crippen LogP contribution in [0.2, 0.25) is 0 Å². The number of likely N-dealkylation sites (tertiary alicyclic amines) is 1. The van der Waals surface area contributed by atoms with Crippen LogP contribution >= 0.6 is 22.6 Å². The van der Waals surface area contributed by atoms with E-state index in [2.05, 4.69) is 41.3 Å². The summed E-state index contributed by atoms with van der Waals surface area (Å²) in [7, 11) is 0. The molecule has 1 aliphatic heterocycles. The molecule has 1 heterocycles. The van der Waals surface area contributed by atoms with Crippen LogP contribution in [0.15, 0.2) is 0 Å². The topological polar surface area (TPSA) is 93.2 Å². The molecule has 0 radical (unpaired) electrons. The van der Waals surface area contributed by atoms with E-state index >= 15 is 0 Å². The molecule has 8 nitrogen and oxygen atoms in total. The Hall–Kier alpha value is -1.23. The summed E-state index contributed by atoms with van der Waals surface area (Å²) >= 11 is 2.41. The molecule has 0 N–H and O–H groups in total. The van der Waals surface area contributed by atoms with Gasteiger partial charge in [-0.25, -0.2) is 0 Å². The average molecular weight is 791 g/mol. The van der Waals surface area contributed by atoms with Crippen LogP contribution in [0.4, 0.5) is 0 Å². The molecule has 280 valence electrons. The molecule has 0 saturated carbocycles. The van der Waals surface area contributed by atoms with Crippen LogP contribution in [0.5, 0.6) is 0 Å². The number of hydrogen-bond donors (Lipinski definition) is 0. The average Bonchev–Trinajstić information content (AvgIpc) is 3.39. The fourth-order valence-electron chi connectivity index (χ4n) is 6.30. The third kappa shape index (κ3) is 24.8. The highest BCUT2D eigenvalue weighted by Crippen LogP contribution is 2.17. The monoisotopic (exact) mass is 790 g/mol. The van der Waals surface area contributed by atoms with Gasteiger partial charge in [0.2, 0.25) is 11.8 Å². The zero-order chi connectivity index (χ0) is 35.1. The van der Waals surface area contributed by atoms with Crippen molar-refractivity contribution in [2.24, 2.45) is 0 Å². The number of nitrogens with zero attached hydrogens (tertiary/aromatic N) is 2. The van der Waals surface area contributed by atoms with Crippen molar-refractivity contribution in [3.63, 3.8) is 0 Å². The number of unbranched alkanes of at least 4 members (excludes halogenated alkanes) is 14. The largest absolute Gasteiger partial charge is 0.466 e. The number of carbonyl (C=O) groups excluding carboxylic acids is 4. The van der Waals surface area contributed by atoms with Gasteiger partial charge in [0, 0.05) is 32.2 Å². The summed E-state index contributed by atoms with van der Waals surface area (Å²) in [5, 5.41) is 0. The first kappa shape index (κ1) is 44.8. The maximum absolute atomic E-state index is 12.5. The Kier molecular flexibility index (Phi) is 29.6. The maximum Gasteiger partial charge on any atom is 0.306 e. The van der Waals surface area contributed by atoms with E-state index in [0.29, 0.717) is 38.8 Å². The summed E-state index contributed by atoms with van der Waals surface area (Å²) in [5.41, 5.74) is 0.